The molecule has 0 aromatic heterocycles. The maximum Gasteiger partial charge on any atom is 0.338 e. The summed E-state index contributed by atoms with van der Waals surface area (Å²) in [5.74, 6) is 0. The van der Waals surface area contributed by atoms with Crippen molar-refractivity contribution in [2.75, 3.05) is 6.00 Å². The molecule has 0 fully saturated rings. The smallest absolute Gasteiger partial charge is 0.273 e. The average molecular weight is 285 g/mol. The number of hydrogen-bond donors (Lipinski definition) is 1. The molecule has 86 valence electrons. The molecular weight excluding hydrogens is 272 g/mol. The summed E-state index contributed by atoms with van der Waals surface area (Å²) in [4.78, 5) is 0. The van der Waals surface area contributed by atoms with Crippen molar-refractivity contribution in [2.24, 2.45) is 0 Å². The van der Waals surface area contributed by atoms with E-state index in [2.05, 4.69) is 0 Å². The van der Waals surface area contributed by atoms with Gasteiger partial charge in [-0.1, -0.05) is 0 Å². The first-order chi connectivity index (χ1) is 6.29. The lowest BCUT2D eigenvalue weighted by Crippen LogP contribution is -2.36. The van der Waals surface area contributed by atoms with Crippen molar-refractivity contribution in [1.29, 1.82) is 0 Å². The van der Waals surface area contributed by atoms with E-state index in [1.54, 1.807) is 6.92 Å². The molecule has 0 spiro atoms. The van der Waals surface area contributed by atoms with E-state index in [1.165, 1.54) is 0 Å². The third-order valence-corrected chi connectivity index (χ3v) is 3.69. The Morgan fingerprint density at radius 3 is 2.14 bits per heavy atom. The highest BCUT2D eigenvalue weighted by atomic mass is 35.5. The second-order valence-corrected chi connectivity index (χ2v) is 5.63. The lowest BCUT2D eigenvalue weighted by Gasteiger charge is -2.21. The first kappa shape index (κ1) is 14.7. The third kappa shape index (κ3) is 5.58. The molecule has 0 aromatic carbocycles. The van der Waals surface area contributed by atoms with Gasteiger partial charge in [0.25, 0.3) is 0 Å². The Bertz CT molecular complexity index is 257. The van der Waals surface area contributed by atoms with Gasteiger partial charge in [-0.3, -0.25) is 4.55 Å². The third-order valence-electron chi connectivity index (χ3n) is 1.53. The second-order valence-electron chi connectivity index (χ2n) is 2.78. The minimum atomic E-state index is -4.34. The molecule has 1 N–H and O–H groups in total. The predicted octanol–water partition coefficient (Wildman–Crippen LogP) is 2.26. The molecule has 14 heavy (non-hydrogen) atoms. The molecule has 0 saturated carbocycles. The van der Waals surface area contributed by atoms with E-state index in [0.717, 1.165) is 0 Å². The Hall–Kier alpha value is 0.740. The molecule has 0 aliphatic carbocycles. The van der Waals surface area contributed by atoms with Crippen LogP contribution in [0.25, 0.3) is 0 Å². The summed E-state index contributed by atoms with van der Waals surface area (Å²) < 4.78 is 30.8. The molecule has 2 unspecified atom stereocenters. The van der Waals surface area contributed by atoms with Crippen LogP contribution in [-0.4, -0.2) is 34.2 Å². The van der Waals surface area contributed by atoms with Crippen LogP contribution in [0.3, 0.4) is 0 Å². The van der Waals surface area contributed by atoms with Gasteiger partial charge >= 0.3 is 10.3 Å². The van der Waals surface area contributed by atoms with Crippen LogP contribution in [0, 0.1) is 0 Å². The van der Waals surface area contributed by atoms with Gasteiger partial charge < -0.3 is 0 Å². The standard InChI is InChI=1S/C6H12Cl3NO3S/c1-5(8)2-3-6(9)10(4-7)14(11,12)13/h5-6H,2-4H2,1H3,(H,11,12,13). The number of nitrogens with zero attached hydrogens (tertiary/aromatic N) is 1. The number of hydrogen-bond acceptors (Lipinski definition) is 2. The first-order valence-electron chi connectivity index (χ1n) is 3.87. The Kier molecular flexibility index (Phi) is 6.69. The van der Waals surface area contributed by atoms with E-state index < -0.39 is 15.8 Å². The van der Waals surface area contributed by atoms with Crippen molar-refractivity contribution in [3.05, 3.63) is 0 Å². The van der Waals surface area contributed by atoms with Crippen molar-refractivity contribution in [1.82, 2.24) is 4.31 Å². The molecule has 0 saturated heterocycles. The molecule has 0 rings (SSSR count). The zero-order valence-corrected chi connectivity index (χ0v) is 10.6. The van der Waals surface area contributed by atoms with Gasteiger partial charge in [0.15, 0.2) is 0 Å². The maximum atomic E-state index is 10.7. The molecule has 2 atom stereocenters. The number of alkyl halides is 3. The molecule has 0 heterocycles. The zero-order valence-electron chi connectivity index (χ0n) is 7.53. The number of halogens is 3. The van der Waals surface area contributed by atoms with Crippen molar-refractivity contribution < 1.29 is 13.0 Å². The van der Waals surface area contributed by atoms with Gasteiger partial charge in [0.2, 0.25) is 0 Å². The van der Waals surface area contributed by atoms with Crippen LogP contribution in [0.5, 0.6) is 0 Å². The highest BCUT2D eigenvalue weighted by Gasteiger charge is 2.25. The summed E-state index contributed by atoms with van der Waals surface area (Å²) in [5.41, 5.74) is -0.872. The van der Waals surface area contributed by atoms with Crippen LogP contribution >= 0.6 is 34.8 Å². The van der Waals surface area contributed by atoms with E-state index >= 15 is 0 Å². The Morgan fingerprint density at radius 1 is 1.36 bits per heavy atom. The van der Waals surface area contributed by atoms with Crippen molar-refractivity contribution in [3.8, 4) is 0 Å². The molecule has 0 amide bonds. The van der Waals surface area contributed by atoms with E-state index in [9.17, 15) is 8.42 Å². The summed E-state index contributed by atoms with van der Waals surface area (Å²) in [6, 6.07) is -0.385. The van der Waals surface area contributed by atoms with Crippen molar-refractivity contribution in [2.45, 2.75) is 30.6 Å². The van der Waals surface area contributed by atoms with Gasteiger partial charge in [-0.05, 0) is 19.8 Å². The zero-order chi connectivity index (χ0) is 11.4. The molecule has 8 heteroatoms. The lowest BCUT2D eigenvalue weighted by atomic mass is 10.2. The highest BCUT2D eigenvalue weighted by Crippen LogP contribution is 2.18. The fourth-order valence-corrected chi connectivity index (χ4v) is 2.54. The van der Waals surface area contributed by atoms with Gasteiger partial charge in [0.1, 0.15) is 5.50 Å². The van der Waals surface area contributed by atoms with Crippen molar-refractivity contribution >= 4 is 45.1 Å². The Balaban J connectivity index is 4.26. The van der Waals surface area contributed by atoms with Crippen LogP contribution in [0.2, 0.25) is 0 Å². The summed E-state index contributed by atoms with van der Waals surface area (Å²) in [5, 5.41) is -0.102. The molecule has 0 radical (unpaired) electrons. The average Bonchev–Trinajstić information content (AvgIpc) is 1.99. The minimum absolute atomic E-state index is 0.102. The van der Waals surface area contributed by atoms with Crippen LogP contribution in [-0.2, 0) is 10.3 Å². The van der Waals surface area contributed by atoms with E-state index in [0.29, 0.717) is 17.1 Å². The highest BCUT2D eigenvalue weighted by molar-refractivity contribution is 7.83. The Morgan fingerprint density at radius 2 is 1.86 bits per heavy atom. The van der Waals surface area contributed by atoms with Crippen LogP contribution in [0.15, 0.2) is 0 Å². The minimum Gasteiger partial charge on any atom is -0.273 e. The summed E-state index contributed by atoms with van der Waals surface area (Å²) in [6.07, 6.45) is 0.872. The van der Waals surface area contributed by atoms with Crippen LogP contribution in [0.1, 0.15) is 19.8 Å². The first-order valence-corrected chi connectivity index (χ1v) is 6.67. The monoisotopic (exact) mass is 283 g/mol. The van der Waals surface area contributed by atoms with Crippen LogP contribution in [0.4, 0.5) is 0 Å². The summed E-state index contributed by atoms with van der Waals surface area (Å²) in [6.45, 7) is 1.77. The van der Waals surface area contributed by atoms with Gasteiger partial charge in [-0.15, -0.1) is 39.1 Å². The number of rotatable bonds is 6. The molecule has 0 aliphatic rings. The molecular formula is C6H12Cl3NO3S. The fourth-order valence-electron chi connectivity index (χ4n) is 0.792. The SMILES string of the molecule is CC(Cl)CCC(Cl)N(CCl)S(=O)(=O)O. The van der Waals surface area contributed by atoms with E-state index in [-0.39, 0.29) is 11.4 Å². The topological polar surface area (TPSA) is 57.6 Å². The largest absolute Gasteiger partial charge is 0.338 e. The Labute approximate surface area is 99.0 Å². The van der Waals surface area contributed by atoms with Crippen molar-refractivity contribution in [3.63, 3.8) is 0 Å². The second kappa shape index (κ2) is 6.35. The fraction of sp³-hybridized carbons (Fsp3) is 1.00. The maximum absolute atomic E-state index is 10.7. The summed E-state index contributed by atoms with van der Waals surface area (Å²) in [7, 11) is -4.34. The molecule has 0 aromatic rings. The predicted molar refractivity (Wildman–Crippen MR) is 58.3 cm³/mol. The lowest BCUT2D eigenvalue weighted by molar-refractivity contribution is 0.352. The summed E-state index contributed by atoms with van der Waals surface area (Å²) >= 11 is 16.7. The van der Waals surface area contributed by atoms with E-state index in [1.807, 2.05) is 0 Å². The van der Waals surface area contributed by atoms with Crippen LogP contribution < -0.4 is 0 Å². The molecule has 0 bridgehead atoms. The van der Waals surface area contributed by atoms with Gasteiger partial charge in [0, 0.05) is 5.38 Å². The van der Waals surface area contributed by atoms with Gasteiger partial charge in [0.05, 0.1) is 6.00 Å². The van der Waals surface area contributed by atoms with E-state index in [4.69, 9.17) is 39.4 Å². The van der Waals surface area contributed by atoms with Gasteiger partial charge in [-0.2, -0.15) is 8.42 Å². The quantitative estimate of drug-likeness (QED) is 0.462. The molecule has 4 nitrogen and oxygen atoms in total. The van der Waals surface area contributed by atoms with Gasteiger partial charge in [-0.25, -0.2) is 0 Å². The molecule has 0 aliphatic heterocycles. The normalized spacial score (nSPS) is 17.0.